The molecule has 4 unspecified atom stereocenters. The summed E-state index contributed by atoms with van der Waals surface area (Å²) in [6.45, 7) is 0.813. The maximum absolute atomic E-state index is 12.1. The number of Topliss-reactive ketones (excluding diaryl/α,β-unsaturated/α-hetero) is 1. The predicted octanol–water partition coefficient (Wildman–Crippen LogP) is 1.43. The Labute approximate surface area is 118 Å². The maximum atomic E-state index is 12.1. The van der Waals surface area contributed by atoms with Crippen molar-refractivity contribution in [2.45, 2.75) is 31.3 Å². The van der Waals surface area contributed by atoms with Gasteiger partial charge in [0.25, 0.3) is 0 Å². The first-order valence-electron chi connectivity index (χ1n) is 7.11. The molecule has 20 heavy (non-hydrogen) atoms. The molecule has 0 aliphatic carbocycles. The highest BCUT2D eigenvalue weighted by Crippen LogP contribution is 2.37. The van der Waals surface area contributed by atoms with E-state index in [9.17, 15) is 9.59 Å². The van der Waals surface area contributed by atoms with Crippen LogP contribution in [0.5, 0.6) is 0 Å². The molecule has 0 amide bonds. The van der Waals surface area contributed by atoms with Crippen molar-refractivity contribution >= 4 is 11.8 Å². The molecular weight excluding hydrogens is 254 g/mol. The van der Waals surface area contributed by atoms with Gasteiger partial charge in [-0.05, 0) is 24.3 Å². The minimum Gasteiger partial charge on any atom is -0.468 e. The van der Waals surface area contributed by atoms with Crippen molar-refractivity contribution in [3.8, 4) is 0 Å². The Morgan fingerprint density at radius 3 is 2.80 bits per heavy atom. The number of piperidine rings is 1. The van der Waals surface area contributed by atoms with Gasteiger partial charge < -0.3 is 4.74 Å². The molecule has 1 aromatic carbocycles. The molecule has 2 bridgehead atoms. The van der Waals surface area contributed by atoms with E-state index in [1.807, 2.05) is 18.2 Å². The molecular formula is C16H19NO3. The third-order valence-electron chi connectivity index (χ3n) is 4.54. The number of nitrogens with zero attached hydrogens (tertiary/aromatic N) is 1. The number of methoxy groups -OCH3 is 1. The van der Waals surface area contributed by atoms with Crippen LogP contribution in [-0.2, 0) is 20.7 Å². The SMILES string of the molecule is COC(=O)C1C(=O)CC2CCN1C2Cc1ccccc1. The maximum Gasteiger partial charge on any atom is 0.330 e. The van der Waals surface area contributed by atoms with Crippen LogP contribution in [0.15, 0.2) is 30.3 Å². The first-order chi connectivity index (χ1) is 9.70. The van der Waals surface area contributed by atoms with Gasteiger partial charge in [-0.3, -0.25) is 9.69 Å². The Bertz CT molecular complexity index is 514. The van der Waals surface area contributed by atoms with Crippen molar-refractivity contribution in [3.05, 3.63) is 35.9 Å². The van der Waals surface area contributed by atoms with Crippen molar-refractivity contribution in [2.75, 3.05) is 13.7 Å². The van der Waals surface area contributed by atoms with E-state index in [1.54, 1.807) is 0 Å². The molecule has 4 atom stereocenters. The fourth-order valence-electron chi connectivity index (χ4n) is 3.58. The van der Waals surface area contributed by atoms with E-state index in [1.165, 1.54) is 12.7 Å². The van der Waals surface area contributed by atoms with Gasteiger partial charge in [0.05, 0.1) is 7.11 Å². The summed E-state index contributed by atoms with van der Waals surface area (Å²) in [5, 5.41) is 0. The van der Waals surface area contributed by atoms with E-state index < -0.39 is 12.0 Å². The summed E-state index contributed by atoms with van der Waals surface area (Å²) < 4.78 is 4.81. The lowest BCUT2D eigenvalue weighted by molar-refractivity contribution is -0.153. The Hall–Kier alpha value is -1.68. The second-order valence-corrected chi connectivity index (χ2v) is 5.64. The molecule has 2 aliphatic heterocycles. The van der Waals surface area contributed by atoms with E-state index in [4.69, 9.17) is 4.74 Å². The van der Waals surface area contributed by atoms with E-state index in [2.05, 4.69) is 17.0 Å². The minimum atomic E-state index is -0.688. The molecule has 0 saturated carbocycles. The molecule has 2 saturated heterocycles. The van der Waals surface area contributed by atoms with Gasteiger partial charge in [-0.15, -0.1) is 0 Å². The summed E-state index contributed by atoms with van der Waals surface area (Å²) >= 11 is 0. The van der Waals surface area contributed by atoms with Gasteiger partial charge in [0.1, 0.15) is 0 Å². The molecule has 0 radical (unpaired) electrons. The number of benzene rings is 1. The number of ether oxygens (including phenoxy) is 1. The quantitative estimate of drug-likeness (QED) is 0.617. The molecule has 0 aromatic heterocycles. The monoisotopic (exact) mass is 273 g/mol. The second kappa shape index (κ2) is 5.37. The van der Waals surface area contributed by atoms with Crippen LogP contribution in [0.4, 0.5) is 0 Å². The zero-order valence-corrected chi connectivity index (χ0v) is 11.6. The van der Waals surface area contributed by atoms with Crippen LogP contribution < -0.4 is 0 Å². The first kappa shape index (κ1) is 13.3. The largest absolute Gasteiger partial charge is 0.468 e. The summed E-state index contributed by atoms with van der Waals surface area (Å²) in [6, 6.07) is 9.84. The second-order valence-electron chi connectivity index (χ2n) is 5.64. The van der Waals surface area contributed by atoms with Crippen LogP contribution in [0.3, 0.4) is 0 Å². The fraction of sp³-hybridized carbons (Fsp3) is 0.500. The summed E-state index contributed by atoms with van der Waals surface area (Å²) in [6.07, 6.45) is 2.40. The normalized spacial score (nSPS) is 32.1. The topological polar surface area (TPSA) is 46.6 Å². The average Bonchev–Trinajstić information content (AvgIpc) is 2.74. The third-order valence-corrected chi connectivity index (χ3v) is 4.54. The van der Waals surface area contributed by atoms with Crippen LogP contribution in [0.25, 0.3) is 0 Å². The van der Waals surface area contributed by atoms with Crippen LogP contribution in [-0.4, -0.2) is 42.4 Å². The van der Waals surface area contributed by atoms with Crippen molar-refractivity contribution in [3.63, 3.8) is 0 Å². The van der Waals surface area contributed by atoms with Gasteiger partial charge in [0, 0.05) is 19.0 Å². The highest BCUT2D eigenvalue weighted by molar-refractivity contribution is 6.04. The minimum absolute atomic E-state index is 0.0173. The predicted molar refractivity (Wildman–Crippen MR) is 74.2 cm³/mol. The van der Waals surface area contributed by atoms with Crippen molar-refractivity contribution in [1.29, 1.82) is 0 Å². The number of ketones is 1. The number of rotatable bonds is 3. The highest BCUT2D eigenvalue weighted by atomic mass is 16.5. The molecule has 3 rings (SSSR count). The summed E-state index contributed by atoms with van der Waals surface area (Å²) in [4.78, 5) is 26.0. The number of carbonyl (C=O) groups excluding carboxylic acids is 2. The smallest absolute Gasteiger partial charge is 0.330 e. The first-order valence-corrected chi connectivity index (χ1v) is 7.11. The van der Waals surface area contributed by atoms with Crippen LogP contribution >= 0.6 is 0 Å². The number of carbonyl (C=O) groups is 2. The lowest BCUT2D eigenvalue weighted by Gasteiger charge is -2.37. The van der Waals surface area contributed by atoms with Gasteiger partial charge in [-0.1, -0.05) is 30.3 Å². The van der Waals surface area contributed by atoms with Crippen molar-refractivity contribution in [2.24, 2.45) is 5.92 Å². The molecule has 4 nitrogen and oxygen atoms in total. The van der Waals surface area contributed by atoms with Gasteiger partial charge in [0.2, 0.25) is 0 Å². The Balaban J connectivity index is 1.82. The number of hydrogen-bond donors (Lipinski definition) is 0. The molecule has 2 heterocycles. The average molecular weight is 273 g/mol. The molecule has 2 aliphatic rings. The fourth-order valence-corrected chi connectivity index (χ4v) is 3.58. The van der Waals surface area contributed by atoms with Crippen LogP contribution in [0, 0.1) is 5.92 Å². The number of fused-ring (bicyclic) bond motifs is 2. The van der Waals surface area contributed by atoms with E-state index in [0.717, 1.165) is 19.4 Å². The van der Waals surface area contributed by atoms with E-state index in [0.29, 0.717) is 12.3 Å². The lowest BCUT2D eigenvalue weighted by atomic mass is 9.84. The molecule has 4 heteroatoms. The van der Waals surface area contributed by atoms with Gasteiger partial charge in [-0.2, -0.15) is 0 Å². The zero-order chi connectivity index (χ0) is 14.1. The summed E-state index contributed by atoms with van der Waals surface area (Å²) in [5.41, 5.74) is 1.26. The number of esters is 1. The van der Waals surface area contributed by atoms with Gasteiger partial charge in [0.15, 0.2) is 11.8 Å². The Morgan fingerprint density at radius 2 is 2.10 bits per heavy atom. The lowest BCUT2D eigenvalue weighted by Crippen LogP contribution is -2.55. The van der Waals surface area contributed by atoms with E-state index >= 15 is 0 Å². The van der Waals surface area contributed by atoms with Gasteiger partial charge >= 0.3 is 5.97 Å². The van der Waals surface area contributed by atoms with Crippen LogP contribution in [0.1, 0.15) is 18.4 Å². The highest BCUT2D eigenvalue weighted by Gasteiger charge is 2.49. The molecule has 0 N–H and O–H groups in total. The third kappa shape index (κ3) is 2.24. The van der Waals surface area contributed by atoms with Gasteiger partial charge in [-0.25, -0.2) is 4.79 Å². The van der Waals surface area contributed by atoms with Crippen molar-refractivity contribution < 1.29 is 14.3 Å². The standard InChI is InChI=1S/C16H19NO3/c1-20-16(19)15-14(18)10-12-7-8-17(15)13(12)9-11-5-3-2-4-6-11/h2-6,12-13,15H,7-10H2,1H3. The Kier molecular flexibility index (Phi) is 3.57. The summed E-state index contributed by atoms with van der Waals surface area (Å²) in [7, 11) is 1.35. The van der Waals surface area contributed by atoms with E-state index in [-0.39, 0.29) is 11.8 Å². The molecule has 1 aromatic rings. The zero-order valence-electron chi connectivity index (χ0n) is 11.6. The number of hydrogen-bond acceptors (Lipinski definition) is 4. The summed E-state index contributed by atoms with van der Waals surface area (Å²) in [5.74, 6) is -0.0133. The molecule has 2 fully saturated rings. The van der Waals surface area contributed by atoms with Crippen LogP contribution in [0.2, 0.25) is 0 Å². The molecule has 106 valence electrons. The Morgan fingerprint density at radius 1 is 1.35 bits per heavy atom. The van der Waals surface area contributed by atoms with Crippen molar-refractivity contribution in [1.82, 2.24) is 4.90 Å². The molecule has 0 spiro atoms.